The van der Waals surface area contributed by atoms with Crippen LogP contribution in [0.15, 0.2) is 64.0 Å². The van der Waals surface area contributed by atoms with Crippen molar-refractivity contribution >= 4 is 5.91 Å². The van der Waals surface area contributed by atoms with Crippen LogP contribution in [0, 0.1) is 0 Å². The molecule has 0 saturated carbocycles. The van der Waals surface area contributed by atoms with Crippen molar-refractivity contribution in [3.63, 3.8) is 0 Å². The standard InChI is InChI=1S/C22H19NO7/c1-26-16-4-2-3-15(7-16)11-27-21-12-28-20(9-17(21)24)22(25)23-10-14-5-6-18-19(8-14)30-13-29-18/h2-9,12H,10-11,13H2,1H3,(H,23,25). The van der Waals surface area contributed by atoms with Gasteiger partial charge in [0.05, 0.1) is 7.11 Å². The molecule has 1 aliphatic heterocycles. The molecule has 0 aliphatic carbocycles. The molecule has 1 aliphatic rings. The van der Waals surface area contributed by atoms with Crippen molar-refractivity contribution in [3.8, 4) is 23.0 Å². The van der Waals surface area contributed by atoms with Crippen molar-refractivity contribution in [2.75, 3.05) is 13.9 Å². The zero-order valence-electron chi connectivity index (χ0n) is 16.2. The third-order valence-corrected chi connectivity index (χ3v) is 4.44. The minimum Gasteiger partial charge on any atom is -0.497 e. The van der Waals surface area contributed by atoms with Gasteiger partial charge in [-0.15, -0.1) is 0 Å². The number of ether oxygens (including phenoxy) is 4. The lowest BCUT2D eigenvalue weighted by Gasteiger charge is -2.08. The molecule has 1 aromatic heterocycles. The van der Waals surface area contributed by atoms with Gasteiger partial charge in [-0.1, -0.05) is 18.2 Å². The fourth-order valence-electron chi connectivity index (χ4n) is 2.87. The molecule has 0 atom stereocenters. The summed E-state index contributed by atoms with van der Waals surface area (Å²) < 4.78 is 26.5. The molecular weight excluding hydrogens is 390 g/mol. The monoisotopic (exact) mass is 409 g/mol. The number of rotatable bonds is 7. The van der Waals surface area contributed by atoms with Gasteiger partial charge in [0.15, 0.2) is 17.3 Å². The van der Waals surface area contributed by atoms with Gasteiger partial charge in [-0.25, -0.2) is 0 Å². The molecule has 8 nitrogen and oxygen atoms in total. The Morgan fingerprint density at radius 2 is 1.93 bits per heavy atom. The Labute approximate surface area is 171 Å². The van der Waals surface area contributed by atoms with E-state index in [0.717, 1.165) is 23.5 Å². The predicted octanol–water partition coefficient (Wildman–Crippen LogP) is 2.89. The first kappa shape index (κ1) is 19.4. The van der Waals surface area contributed by atoms with Crippen LogP contribution in [-0.4, -0.2) is 19.8 Å². The molecule has 2 aromatic carbocycles. The summed E-state index contributed by atoms with van der Waals surface area (Å²) in [4.78, 5) is 24.6. The first-order chi connectivity index (χ1) is 14.6. The van der Waals surface area contributed by atoms with Gasteiger partial charge in [0.2, 0.25) is 18.0 Å². The summed E-state index contributed by atoms with van der Waals surface area (Å²) in [5.74, 6) is 1.40. The fraction of sp³-hybridized carbons (Fsp3) is 0.182. The Kier molecular flexibility index (Phi) is 5.56. The van der Waals surface area contributed by atoms with Crippen LogP contribution in [0.5, 0.6) is 23.0 Å². The van der Waals surface area contributed by atoms with Crippen LogP contribution in [0.1, 0.15) is 21.7 Å². The fourth-order valence-corrected chi connectivity index (χ4v) is 2.87. The van der Waals surface area contributed by atoms with E-state index < -0.39 is 11.3 Å². The Morgan fingerprint density at radius 3 is 2.77 bits per heavy atom. The summed E-state index contributed by atoms with van der Waals surface area (Å²) in [6.45, 7) is 0.591. The Balaban J connectivity index is 1.36. The van der Waals surface area contributed by atoms with Crippen LogP contribution in [-0.2, 0) is 13.2 Å². The molecule has 0 spiro atoms. The lowest BCUT2D eigenvalue weighted by Crippen LogP contribution is -2.24. The Morgan fingerprint density at radius 1 is 1.07 bits per heavy atom. The SMILES string of the molecule is COc1cccc(COc2coc(C(=O)NCc3ccc4c(c3)OCO4)cc2=O)c1. The number of hydrogen-bond acceptors (Lipinski definition) is 7. The molecule has 0 saturated heterocycles. The minimum atomic E-state index is -0.510. The summed E-state index contributed by atoms with van der Waals surface area (Å²) in [6.07, 6.45) is 1.14. The zero-order chi connectivity index (χ0) is 20.9. The van der Waals surface area contributed by atoms with Gasteiger partial charge in [-0.05, 0) is 35.4 Å². The predicted molar refractivity (Wildman–Crippen MR) is 106 cm³/mol. The molecule has 3 aromatic rings. The lowest BCUT2D eigenvalue weighted by molar-refractivity contribution is 0.0919. The van der Waals surface area contributed by atoms with E-state index in [9.17, 15) is 9.59 Å². The van der Waals surface area contributed by atoms with Crippen molar-refractivity contribution in [2.24, 2.45) is 0 Å². The van der Waals surface area contributed by atoms with Crippen molar-refractivity contribution in [1.29, 1.82) is 0 Å². The average molecular weight is 409 g/mol. The molecule has 0 radical (unpaired) electrons. The highest BCUT2D eigenvalue weighted by Gasteiger charge is 2.15. The van der Waals surface area contributed by atoms with E-state index in [4.69, 9.17) is 23.4 Å². The Bertz CT molecular complexity index is 1120. The van der Waals surface area contributed by atoms with Crippen LogP contribution in [0.4, 0.5) is 0 Å². The highest BCUT2D eigenvalue weighted by Crippen LogP contribution is 2.32. The second-order valence-electron chi connectivity index (χ2n) is 6.48. The van der Waals surface area contributed by atoms with E-state index in [-0.39, 0.29) is 31.5 Å². The quantitative estimate of drug-likeness (QED) is 0.641. The molecule has 0 fully saturated rings. The van der Waals surface area contributed by atoms with Gasteiger partial charge in [0.25, 0.3) is 5.91 Å². The average Bonchev–Trinajstić information content (AvgIpc) is 3.24. The number of carbonyl (C=O) groups excluding carboxylic acids is 1. The van der Waals surface area contributed by atoms with Gasteiger partial charge in [0.1, 0.15) is 18.6 Å². The summed E-state index contributed by atoms with van der Waals surface area (Å²) >= 11 is 0. The Hall–Kier alpha value is -3.94. The number of hydrogen-bond donors (Lipinski definition) is 1. The summed E-state index contributed by atoms with van der Waals surface area (Å²) in [5, 5.41) is 2.70. The number of benzene rings is 2. The van der Waals surface area contributed by atoms with Crippen molar-refractivity contribution in [3.05, 3.63) is 81.9 Å². The van der Waals surface area contributed by atoms with E-state index in [2.05, 4.69) is 5.32 Å². The van der Waals surface area contributed by atoms with E-state index >= 15 is 0 Å². The van der Waals surface area contributed by atoms with E-state index in [1.54, 1.807) is 25.3 Å². The molecule has 4 rings (SSSR count). The minimum absolute atomic E-state index is 0.0186. The number of amides is 1. The van der Waals surface area contributed by atoms with Gasteiger partial charge in [0, 0.05) is 12.6 Å². The van der Waals surface area contributed by atoms with Crippen LogP contribution in [0.3, 0.4) is 0 Å². The zero-order valence-corrected chi connectivity index (χ0v) is 16.2. The molecular formula is C22H19NO7. The maximum atomic E-state index is 12.3. The van der Waals surface area contributed by atoms with Gasteiger partial charge >= 0.3 is 0 Å². The molecule has 8 heteroatoms. The number of nitrogens with one attached hydrogen (secondary N) is 1. The van der Waals surface area contributed by atoms with Gasteiger partial charge in [-0.2, -0.15) is 0 Å². The second kappa shape index (κ2) is 8.60. The molecule has 30 heavy (non-hydrogen) atoms. The topological polar surface area (TPSA) is 96.2 Å². The molecule has 0 bridgehead atoms. The van der Waals surface area contributed by atoms with E-state index in [0.29, 0.717) is 17.2 Å². The highest BCUT2D eigenvalue weighted by molar-refractivity contribution is 5.91. The largest absolute Gasteiger partial charge is 0.497 e. The first-order valence-corrected chi connectivity index (χ1v) is 9.17. The molecule has 1 N–H and O–H groups in total. The van der Waals surface area contributed by atoms with E-state index in [1.165, 1.54) is 0 Å². The molecule has 1 amide bonds. The molecule has 154 valence electrons. The van der Waals surface area contributed by atoms with Gasteiger partial charge in [-0.3, -0.25) is 9.59 Å². The van der Waals surface area contributed by atoms with Crippen molar-refractivity contribution in [2.45, 2.75) is 13.2 Å². The lowest BCUT2D eigenvalue weighted by atomic mass is 10.2. The maximum absolute atomic E-state index is 12.3. The maximum Gasteiger partial charge on any atom is 0.287 e. The number of fused-ring (bicyclic) bond motifs is 1. The summed E-state index contributed by atoms with van der Waals surface area (Å²) in [6, 6.07) is 13.8. The van der Waals surface area contributed by atoms with Crippen molar-refractivity contribution in [1.82, 2.24) is 5.32 Å². The van der Waals surface area contributed by atoms with Crippen LogP contribution < -0.4 is 29.7 Å². The number of methoxy groups -OCH3 is 1. The van der Waals surface area contributed by atoms with Crippen LogP contribution in [0.2, 0.25) is 0 Å². The van der Waals surface area contributed by atoms with Crippen LogP contribution >= 0.6 is 0 Å². The van der Waals surface area contributed by atoms with Crippen LogP contribution in [0.25, 0.3) is 0 Å². The molecule has 2 heterocycles. The third-order valence-electron chi connectivity index (χ3n) is 4.44. The molecule has 0 unspecified atom stereocenters. The highest BCUT2D eigenvalue weighted by atomic mass is 16.7. The smallest absolute Gasteiger partial charge is 0.287 e. The number of carbonyl (C=O) groups is 1. The summed E-state index contributed by atoms with van der Waals surface area (Å²) in [7, 11) is 1.57. The van der Waals surface area contributed by atoms with E-state index in [1.807, 2.05) is 24.3 Å². The second-order valence-corrected chi connectivity index (χ2v) is 6.48. The van der Waals surface area contributed by atoms with Gasteiger partial charge < -0.3 is 28.7 Å². The van der Waals surface area contributed by atoms with Crippen molar-refractivity contribution < 1.29 is 28.2 Å². The first-order valence-electron chi connectivity index (χ1n) is 9.17. The third kappa shape index (κ3) is 4.38. The summed E-state index contributed by atoms with van der Waals surface area (Å²) in [5.41, 5.74) is 1.21. The normalized spacial score (nSPS) is 11.8.